The Labute approximate surface area is 137 Å². The quantitative estimate of drug-likeness (QED) is 0.680. The number of furan rings is 1. The monoisotopic (exact) mass is 329 g/mol. The molecule has 0 unspecified atom stereocenters. The highest BCUT2D eigenvalue weighted by molar-refractivity contribution is 6.30. The number of rotatable bonds is 4. The van der Waals surface area contributed by atoms with E-state index in [9.17, 15) is 9.18 Å². The lowest BCUT2D eigenvalue weighted by molar-refractivity contribution is 0.0979. The third-order valence-electron chi connectivity index (χ3n) is 3.38. The van der Waals surface area contributed by atoms with Crippen LogP contribution in [0.25, 0.3) is 0 Å². The summed E-state index contributed by atoms with van der Waals surface area (Å²) in [5, 5.41) is 0.560. The third-order valence-corrected chi connectivity index (χ3v) is 3.63. The van der Waals surface area contributed by atoms with E-state index in [1.54, 1.807) is 48.5 Å². The minimum atomic E-state index is -0.559. The Morgan fingerprint density at radius 3 is 2.43 bits per heavy atom. The Balaban J connectivity index is 1.99. The van der Waals surface area contributed by atoms with Gasteiger partial charge in [-0.25, -0.2) is 4.39 Å². The first-order valence-electron chi connectivity index (χ1n) is 6.99. The molecular formula is C18H13ClFNO2. The van der Waals surface area contributed by atoms with Gasteiger partial charge in [0.1, 0.15) is 11.6 Å². The van der Waals surface area contributed by atoms with E-state index in [0.29, 0.717) is 16.5 Å². The van der Waals surface area contributed by atoms with Crippen molar-refractivity contribution >= 4 is 23.2 Å². The molecule has 0 bridgehead atoms. The lowest BCUT2D eigenvalue weighted by Gasteiger charge is -2.22. The molecule has 0 fully saturated rings. The Kier molecular flexibility index (Phi) is 4.44. The molecule has 0 aliphatic heterocycles. The molecule has 5 heteroatoms. The second kappa shape index (κ2) is 6.67. The van der Waals surface area contributed by atoms with Crippen LogP contribution < -0.4 is 4.90 Å². The minimum absolute atomic E-state index is 0.00834. The van der Waals surface area contributed by atoms with Crippen molar-refractivity contribution in [1.82, 2.24) is 0 Å². The Bertz CT molecular complexity index is 800. The van der Waals surface area contributed by atoms with E-state index in [0.717, 1.165) is 0 Å². The topological polar surface area (TPSA) is 33.5 Å². The van der Waals surface area contributed by atoms with E-state index in [1.807, 2.05) is 0 Å². The minimum Gasteiger partial charge on any atom is -0.467 e. The number of amides is 1. The van der Waals surface area contributed by atoms with Crippen molar-refractivity contribution in [3.8, 4) is 0 Å². The average molecular weight is 330 g/mol. The number of hydrogen-bond acceptors (Lipinski definition) is 2. The average Bonchev–Trinajstić information content (AvgIpc) is 3.07. The lowest BCUT2D eigenvalue weighted by Crippen LogP contribution is -2.30. The fourth-order valence-electron chi connectivity index (χ4n) is 2.24. The second-order valence-electron chi connectivity index (χ2n) is 4.93. The number of anilines is 1. The van der Waals surface area contributed by atoms with E-state index in [2.05, 4.69) is 0 Å². The number of hydrogen-bond donors (Lipinski definition) is 0. The first kappa shape index (κ1) is 15.3. The van der Waals surface area contributed by atoms with E-state index < -0.39 is 11.7 Å². The smallest absolute Gasteiger partial charge is 0.261 e. The molecule has 0 radical (unpaired) electrons. The highest BCUT2D eigenvalue weighted by Crippen LogP contribution is 2.23. The molecule has 3 rings (SSSR count). The molecule has 0 atom stereocenters. The van der Waals surface area contributed by atoms with Gasteiger partial charge in [0, 0.05) is 10.7 Å². The lowest BCUT2D eigenvalue weighted by atomic mass is 10.1. The van der Waals surface area contributed by atoms with Crippen LogP contribution in [-0.2, 0) is 6.54 Å². The molecule has 2 aromatic carbocycles. The Morgan fingerprint density at radius 2 is 1.78 bits per heavy atom. The van der Waals surface area contributed by atoms with Crippen molar-refractivity contribution in [1.29, 1.82) is 0 Å². The summed E-state index contributed by atoms with van der Waals surface area (Å²) in [5.74, 6) is -0.401. The molecule has 1 heterocycles. The Hall–Kier alpha value is -2.59. The first-order chi connectivity index (χ1) is 11.1. The van der Waals surface area contributed by atoms with E-state index >= 15 is 0 Å². The summed E-state index contributed by atoms with van der Waals surface area (Å²) in [6.45, 7) is 0.196. The summed E-state index contributed by atoms with van der Waals surface area (Å²) in [6, 6.07) is 16.2. The summed E-state index contributed by atoms with van der Waals surface area (Å²) in [4.78, 5) is 14.2. The van der Waals surface area contributed by atoms with Crippen LogP contribution in [0.1, 0.15) is 16.1 Å². The summed E-state index contributed by atoms with van der Waals surface area (Å²) in [7, 11) is 0. The van der Waals surface area contributed by atoms with Gasteiger partial charge in [-0.1, -0.05) is 23.7 Å². The molecule has 1 aromatic heterocycles. The maximum atomic E-state index is 14.0. The third kappa shape index (κ3) is 3.43. The fourth-order valence-corrected chi connectivity index (χ4v) is 2.37. The fraction of sp³-hybridized carbons (Fsp3) is 0.0556. The van der Waals surface area contributed by atoms with Gasteiger partial charge in [-0.3, -0.25) is 4.79 Å². The Morgan fingerprint density at radius 1 is 1.04 bits per heavy atom. The molecule has 3 aromatic rings. The largest absolute Gasteiger partial charge is 0.467 e. The van der Waals surface area contributed by atoms with Crippen molar-refractivity contribution in [2.45, 2.75) is 6.54 Å². The zero-order valence-electron chi connectivity index (χ0n) is 12.1. The highest BCUT2D eigenvalue weighted by atomic mass is 35.5. The normalized spacial score (nSPS) is 10.5. The zero-order valence-corrected chi connectivity index (χ0v) is 12.8. The molecule has 3 nitrogen and oxygen atoms in total. The summed E-state index contributed by atoms with van der Waals surface area (Å²) in [6.07, 6.45) is 1.53. The maximum Gasteiger partial charge on any atom is 0.261 e. The van der Waals surface area contributed by atoms with Gasteiger partial charge in [-0.2, -0.15) is 0 Å². The van der Waals surface area contributed by atoms with Crippen LogP contribution in [0.15, 0.2) is 71.3 Å². The van der Waals surface area contributed by atoms with Crippen molar-refractivity contribution in [2.24, 2.45) is 0 Å². The maximum absolute atomic E-state index is 14.0. The van der Waals surface area contributed by atoms with E-state index in [4.69, 9.17) is 16.0 Å². The van der Waals surface area contributed by atoms with Crippen LogP contribution >= 0.6 is 11.6 Å². The molecule has 0 N–H and O–H groups in total. The summed E-state index contributed by atoms with van der Waals surface area (Å²) in [5.41, 5.74) is 0.619. The predicted molar refractivity (Wildman–Crippen MR) is 87.1 cm³/mol. The van der Waals surface area contributed by atoms with Crippen LogP contribution in [0.5, 0.6) is 0 Å². The molecule has 23 heavy (non-hydrogen) atoms. The van der Waals surface area contributed by atoms with E-state index in [-0.39, 0.29) is 12.1 Å². The van der Waals surface area contributed by atoms with Crippen molar-refractivity contribution < 1.29 is 13.6 Å². The van der Waals surface area contributed by atoms with Crippen LogP contribution in [0, 0.1) is 5.82 Å². The molecule has 0 spiro atoms. The van der Waals surface area contributed by atoms with Crippen LogP contribution in [0.3, 0.4) is 0 Å². The van der Waals surface area contributed by atoms with Gasteiger partial charge in [-0.05, 0) is 48.5 Å². The highest BCUT2D eigenvalue weighted by Gasteiger charge is 2.21. The molecule has 0 saturated carbocycles. The number of carbonyl (C=O) groups is 1. The van der Waals surface area contributed by atoms with Gasteiger partial charge in [0.05, 0.1) is 18.4 Å². The van der Waals surface area contributed by atoms with Crippen LogP contribution in [0.4, 0.5) is 10.1 Å². The van der Waals surface area contributed by atoms with Gasteiger partial charge in [-0.15, -0.1) is 0 Å². The van der Waals surface area contributed by atoms with Crippen molar-refractivity contribution in [3.63, 3.8) is 0 Å². The number of benzene rings is 2. The first-order valence-corrected chi connectivity index (χ1v) is 7.37. The van der Waals surface area contributed by atoms with Gasteiger partial charge < -0.3 is 9.32 Å². The summed E-state index contributed by atoms with van der Waals surface area (Å²) >= 11 is 5.90. The SMILES string of the molecule is O=C(c1ccccc1F)N(Cc1ccco1)c1ccc(Cl)cc1. The number of carbonyl (C=O) groups excluding carboxylic acids is 1. The summed E-state index contributed by atoms with van der Waals surface area (Å²) < 4.78 is 19.3. The molecule has 0 saturated heterocycles. The van der Waals surface area contributed by atoms with Crippen LogP contribution in [-0.4, -0.2) is 5.91 Å². The van der Waals surface area contributed by atoms with Crippen LogP contribution in [0.2, 0.25) is 5.02 Å². The molecular weight excluding hydrogens is 317 g/mol. The molecule has 1 amide bonds. The number of halogens is 2. The van der Waals surface area contributed by atoms with Gasteiger partial charge in [0.25, 0.3) is 5.91 Å². The van der Waals surface area contributed by atoms with Gasteiger partial charge in [0.2, 0.25) is 0 Å². The predicted octanol–water partition coefficient (Wildman–Crippen LogP) is 4.92. The zero-order chi connectivity index (χ0) is 16.2. The van der Waals surface area contributed by atoms with Crippen molar-refractivity contribution in [3.05, 3.63) is 89.1 Å². The standard InChI is InChI=1S/C18H13ClFNO2/c19-13-7-9-14(10-8-13)21(12-15-4-3-11-23-15)18(22)16-5-1-2-6-17(16)20/h1-11H,12H2. The number of nitrogens with zero attached hydrogens (tertiary/aromatic N) is 1. The molecule has 0 aliphatic carbocycles. The van der Waals surface area contributed by atoms with E-state index in [1.165, 1.54) is 23.3 Å². The van der Waals surface area contributed by atoms with Gasteiger partial charge >= 0.3 is 0 Å². The molecule has 0 aliphatic rings. The van der Waals surface area contributed by atoms with Gasteiger partial charge in [0.15, 0.2) is 0 Å². The molecule has 116 valence electrons. The second-order valence-corrected chi connectivity index (χ2v) is 5.36. The van der Waals surface area contributed by atoms with Crippen molar-refractivity contribution in [2.75, 3.05) is 4.90 Å².